The first-order valence-corrected chi connectivity index (χ1v) is 4.62. The lowest BCUT2D eigenvalue weighted by Gasteiger charge is -2.11. The summed E-state index contributed by atoms with van der Waals surface area (Å²) in [6, 6.07) is 4.16. The summed E-state index contributed by atoms with van der Waals surface area (Å²) in [5, 5.41) is 18.5. The van der Waals surface area contributed by atoms with Crippen LogP contribution in [0.4, 0.5) is 0 Å². The third kappa shape index (κ3) is 2.30. The Labute approximate surface area is 91.7 Å². The van der Waals surface area contributed by atoms with E-state index in [4.69, 9.17) is 34.2 Å². The second-order valence-electron chi connectivity index (χ2n) is 2.79. The predicted molar refractivity (Wildman–Crippen MR) is 55.3 cm³/mol. The fraction of sp³-hybridized carbons (Fsp3) is 0.222. The van der Waals surface area contributed by atoms with E-state index in [1.165, 1.54) is 12.1 Å². The van der Waals surface area contributed by atoms with Crippen LogP contribution in [0.25, 0.3) is 0 Å². The van der Waals surface area contributed by atoms with E-state index in [-0.39, 0.29) is 17.2 Å². The lowest BCUT2D eigenvalue weighted by molar-refractivity contribution is 0.462. The molecule has 1 aromatic carbocycles. The Balaban J connectivity index is 3.10. The van der Waals surface area contributed by atoms with Gasteiger partial charge in [-0.15, -0.1) is 0 Å². The van der Waals surface area contributed by atoms with Gasteiger partial charge in [0.2, 0.25) is 0 Å². The SMILES string of the molecule is N#CC[C@H](N)c1cc(Cl)c(Cl)cc1O. The highest BCUT2D eigenvalue weighted by Gasteiger charge is 2.13. The second kappa shape index (κ2) is 4.52. The van der Waals surface area contributed by atoms with Gasteiger partial charge in [0.15, 0.2) is 0 Å². The minimum atomic E-state index is -0.547. The summed E-state index contributed by atoms with van der Waals surface area (Å²) >= 11 is 11.4. The number of phenolic OH excluding ortho intramolecular Hbond substituents is 1. The molecule has 0 heterocycles. The van der Waals surface area contributed by atoms with Crippen molar-refractivity contribution in [1.29, 1.82) is 5.26 Å². The Hall–Kier alpha value is -0.950. The standard InChI is InChI=1S/C9H8Cl2N2O/c10-6-3-5(8(13)1-2-12)9(14)4-7(6)11/h3-4,8,14H,1,13H2/t8-/m0/s1. The summed E-state index contributed by atoms with van der Waals surface area (Å²) < 4.78 is 0. The van der Waals surface area contributed by atoms with Crippen molar-refractivity contribution in [3.05, 3.63) is 27.7 Å². The van der Waals surface area contributed by atoms with Gasteiger partial charge in [-0.1, -0.05) is 23.2 Å². The fourth-order valence-corrected chi connectivity index (χ4v) is 1.39. The van der Waals surface area contributed by atoms with Crippen LogP contribution in [-0.4, -0.2) is 5.11 Å². The molecule has 3 nitrogen and oxygen atoms in total. The maximum atomic E-state index is 9.48. The number of benzene rings is 1. The smallest absolute Gasteiger partial charge is 0.121 e. The highest BCUT2D eigenvalue weighted by Crippen LogP contribution is 2.33. The third-order valence-corrected chi connectivity index (χ3v) is 2.50. The molecule has 0 radical (unpaired) electrons. The van der Waals surface area contributed by atoms with Crippen LogP contribution in [-0.2, 0) is 0 Å². The normalized spacial score (nSPS) is 12.1. The number of nitrogens with two attached hydrogens (primary N) is 1. The quantitative estimate of drug-likeness (QED) is 0.821. The van der Waals surface area contributed by atoms with E-state index in [1.54, 1.807) is 0 Å². The van der Waals surface area contributed by atoms with Crippen LogP contribution in [0.1, 0.15) is 18.0 Å². The Morgan fingerprint density at radius 1 is 1.43 bits per heavy atom. The van der Waals surface area contributed by atoms with Crippen molar-refractivity contribution in [3.63, 3.8) is 0 Å². The molecule has 3 N–H and O–H groups in total. The van der Waals surface area contributed by atoms with Gasteiger partial charge in [-0.25, -0.2) is 0 Å². The molecule has 1 atom stereocenters. The number of halogens is 2. The first kappa shape index (κ1) is 11.1. The van der Waals surface area contributed by atoms with Crippen LogP contribution in [0.2, 0.25) is 10.0 Å². The molecular formula is C9H8Cl2N2O. The highest BCUT2D eigenvalue weighted by molar-refractivity contribution is 6.42. The number of nitriles is 1. The molecule has 74 valence electrons. The monoisotopic (exact) mass is 230 g/mol. The topological polar surface area (TPSA) is 70.0 Å². The molecule has 0 spiro atoms. The number of nitrogens with zero attached hydrogens (tertiary/aromatic N) is 1. The van der Waals surface area contributed by atoms with Crippen molar-refractivity contribution >= 4 is 23.2 Å². The molecule has 0 saturated carbocycles. The Morgan fingerprint density at radius 2 is 2.00 bits per heavy atom. The molecule has 1 rings (SSSR count). The van der Waals surface area contributed by atoms with Gasteiger partial charge in [0.25, 0.3) is 0 Å². The number of hydrogen-bond acceptors (Lipinski definition) is 3. The maximum absolute atomic E-state index is 9.48. The summed E-state index contributed by atoms with van der Waals surface area (Å²) in [6.07, 6.45) is 0.117. The van der Waals surface area contributed by atoms with Gasteiger partial charge in [0, 0.05) is 17.7 Å². The average molecular weight is 231 g/mol. The highest BCUT2D eigenvalue weighted by atomic mass is 35.5. The lowest BCUT2D eigenvalue weighted by atomic mass is 10.0. The third-order valence-electron chi connectivity index (χ3n) is 1.78. The first-order valence-electron chi connectivity index (χ1n) is 3.86. The van der Waals surface area contributed by atoms with E-state index < -0.39 is 6.04 Å². The molecule has 0 aromatic heterocycles. The van der Waals surface area contributed by atoms with Crippen molar-refractivity contribution in [2.75, 3.05) is 0 Å². The first-order chi connectivity index (χ1) is 6.56. The van der Waals surface area contributed by atoms with Crippen molar-refractivity contribution in [3.8, 4) is 11.8 Å². The Bertz CT molecular complexity index is 387. The fourth-order valence-electron chi connectivity index (χ4n) is 1.06. The summed E-state index contributed by atoms with van der Waals surface area (Å²) in [6.45, 7) is 0. The second-order valence-corrected chi connectivity index (χ2v) is 3.61. The van der Waals surface area contributed by atoms with Gasteiger partial charge in [-0.2, -0.15) is 5.26 Å². The molecule has 5 heteroatoms. The zero-order valence-corrected chi connectivity index (χ0v) is 8.68. The van der Waals surface area contributed by atoms with Crippen LogP contribution in [0.3, 0.4) is 0 Å². The molecule has 0 unspecified atom stereocenters. The molecule has 0 bridgehead atoms. The van der Waals surface area contributed by atoms with Crippen molar-refractivity contribution < 1.29 is 5.11 Å². The largest absolute Gasteiger partial charge is 0.508 e. The van der Waals surface area contributed by atoms with Crippen LogP contribution in [0, 0.1) is 11.3 Å². The molecule has 0 aliphatic carbocycles. The molecule has 1 aromatic rings. The molecular weight excluding hydrogens is 223 g/mol. The molecule has 14 heavy (non-hydrogen) atoms. The Morgan fingerprint density at radius 3 is 2.57 bits per heavy atom. The summed E-state index contributed by atoms with van der Waals surface area (Å²) in [5.41, 5.74) is 6.07. The van der Waals surface area contributed by atoms with Gasteiger partial charge >= 0.3 is 0 Å². The molecule has 0 fully saturated rings. The zero-order valence-electron chi connectivity index (χ0n) is 7.17. The van der Waals surface area contributed by atoms with E-state index in [2.05, 4.69) is 0 Å². The minimum absolute atomic E-state index is 0.0397. The number of aromatic hydroxyl groups is 1. The number of phenols is 1. The minimum Gasteiger partial charge on any atom is -0.508 e. The lowest BCUT2D eigenvalue weighted by Crippen LogP contribution is -2.09. The molecule has 0 aliphatic rings. The molecule has 0 aliphatic heterocycles. The predicted octanol–water partition coefficient (Wildman–Crippen LogP) is 2.61. The molecule has 0 amide bonds. The van der Waals surface area contributed by atoms with Crippen molar-refractivity contribution in [2.45, 2.75) is 12.5 Å². The summed E-state index contributed by atoms with van der Waals surface area (Å²) in [5.74, 6) is -0.0397. The van der Waals surface area contributed by atoms with Gasteiger partial charge in [0.05, 0.1) is 22.5 Å². The summed E-state index contributed by atoms with van der Waals surface area (Å²) in [4.78, 5) is 0. The summed E-state index contributed by atoms with van der Waals surface area (Å²) in [7, 11) is 0. The number of rotatable bonds is 2. The van der Waals surface area contributed by atoms with Gasteiger partial charge in [0.1, 0.15) is 5.75 Å². The Kier molecular flexibility index (Phi) is 3.59. The van der Waals surface area contributed by atoms with E-state index in [0.717, 1.165) is 0 Å². The average Bonchev–Trinajstić information content (AvgIpc) is 2.11. The zero-order chi connectivity index (χ0) is 10.7. The van der Waals surface area contributed by atoms with Gasteiger partial charge < -0.3 is 10.8 Å². The van der Waals surface area contributed by atoms with Gasteiger partial charge in [-0.3, -0.25) is 0 Å². The van der Waals surface area contributed by atoms with E-state index in [1.807, 2.05) is 6.07 Å². The van der Waals surface area contributed by atoms with E-state index in [9.17, 15) is 5.11 Å². The van der Waals surface area contributed by atoms with E-state index >= 15 is 0 Å². The van der Waals surface area contributed by atoms with E-state index in [0.29, 0.717) is 10.6 Å². The van der Waals surface area contributed by atoms with Crippen LogP contribution in [0.15, 0.2) is 12.1 Å². The van der Waals surface area contributed by atoms with Crippen molar-refractivity contribution in [1.82, 2.24) is 0 Å². The molecule has 0 saturated heterocycles. The maximum Gasteiger partial charge on any atom is 0.121 e. The van der Waals surface area contributed by atoms with Gasteiger partial charge in [-0.05, 0) is 6.07 Å². The van der Waals surface area contributed by atoms with Crippen molar-refractivity contribution in [2.24, 2.45) is 5.73 Å². The van der Waals surface area contributed by atoms with Crippen LogP contribution >= 0.6 is 23.2 Å². The number of hydrogen-bond donors (Lipinski definition) is 2. The van der Waals surface area contributed by atoms with Crippen LogP contribution in [0.5, 0.6) is 5.75 Å². The van der Waals surface area contributed by atoms with Crippen LogP contribution < -0.4 is 5.73 Å².